The number of carboxylic acid groups (broad SMARTS) is 1. The van der Waals surface area contributed by atoms with Crippen molar-refractivity contribution in [1.29, 1.82) is 0 Å². The molecule has 1 aliphatic heterocycles. The number of benzene rings is 1. The summed E-state index contributed by atoms with van der Waals surface area (Å²) in [7, 11) is 1.68. The molecule has 0 saturated carbocycles. The van der Waals surface area contributed by atoms with E-state index in [1.54, 1.807) is 18.4 Å². The smallest absolute Gasteiger partial charge is 0.339 e. The van der Waals surface area contributed by atoms with Crippen LogP contribution in [0.4, 0.5) is 0 Å². The first-order valence-electron chi connectivity index (χ1n) is 12.4. The normalized spacial score (nSPS) is 16.5. The van der Waals surface area contributed by atoms with Crippen molar-refractivity contribution in [2.75, 3.05) is 6.61 Å². The zero-order chi connectivity index (χ0) is 25.1. The van der Waals surface area contributed by atoms with Gasteiger partial charge in [0, 0.05) is 22.9 Å². The summed E-state index contributed by atoms with van der Waals surface area (Å²) in [5, 5.41) is 11.3. The highest BCUT2D eigenvalue weighted by Gasteiger charge is 2.35. The maximum atomic E-state index is 13.7. The Hall–Kier alpha value is -2.64. The summed E-state index contributed by atoms with van der Waals surface area (Å²) < 4.78 is 14.3. The van der Waals surface area contributed by atoms with E-state index < -0.39 is 17.7 Å². The van der Waals surface area contributed by atoms with Gasteiger partial charge in [0.15, 0.2) is 6.10 Å². The zero-order valence-electron chi connectivity index (χ0n) is 21.1. The minimum absolute atomic E-state index is 0.152. The molecule has 3 heterocycles. The lowest BCUT2D eigenvalue weighted by molar-refractivity contribution is -0.161. The first-order chi connectivity index (χ1) is 16.6. The van der Waals surface area contributed by atoms with Crippen molar-refractivity contribution in [2.24, 2.45) is 7.05 Å². The SMILES string of the molecule is Cc1c(-c2c(C(OC(C)(C)C)C(=O)O)n(C)c(=O)c3sc4c(c23)CCCC4)ccc2c1CCCO2. The van der Waals surface area contributed by atoms with Gasteiger partial charge < -0.3 is 19.1 Å². The van der Waals surface area contributed by atoms with E-state index in [9.17, 15) is 14.7 Å². The van der Waals surface area contributed by atoms with Gasteiger partial charge in [0.2, 0.25) is 0 Å². The summed E-state index contributed by atoms with van der Waals surface area (Å²) in [5.74, 6) is -0.202. The Morgan fingerprint density at radius 2 is 1.86 bits per heavy atom. The third-order valence-corrected chi connectivity index (χ3v) is 8.42. The highest BCUT2D eigenvalue weighted by atomic mass is 32.1. The number of hydrogen-bond acceptors (Lipinski definition) is 5. The molecule has 2 aromatic heterocycles. The molecule has 0 bridgehead atoms. The van der Waals surface area contributed by atoms with Crippen molar-refractivity contribution in [1.82, 2.24) is 4.57 Å². The number of hydrogen-bond donors (Lipinski definition) is 1. The van der Waals surface area contributed by atoms with Crippen LogP contribution in [0.25, 0.3) is 21.2 Å². The lowest BCUT2D eigenvalue weighted by Crippen LogP contribution is -2.32. The molecule has 1 unspecified atom stereocenters. The van der Waals surface area contributed by atoms with Gasteiger partial charge in [-0.3, -0.25) is 4.79 Å². The molecule has 1 aliphatic carbocycles. The second-order valence-corrected chi connectivity index (χ2v) is 11.8. The summed E-state index contributed by atoms with van der Waals surface area (Å²) in [6.45, 7) is 8.32. The molecule has 0 amide bonds. The van der Waals surface area contributed by atoms with Crippen LogP contribution < -0.4 is 10.3 Å². The number of pyridine rings is 1. The van der Waals surface area contributed by atoms with Crippen molar-refractivity contribution in [3.8, 4) is 16.9 Å². The average molecular weight is 496 g/mol. The summed E-state index contributed by atoms with van der Waals surface area (Å²) >= 11 is 1.58. The van der Waals surface area contributed by atoms with Gasteiger partial charge >= 0.3 is 5.97 Å². The van der Waals surface area contributed by atoms with Crippen LogP contribution in [-0.4, -0.2) is 27.9 Å². The predicted octanol–water partition coefficient (Wildman–Crippen LogP) is 5.72. The molecule has 0 radical (unpaired) electrons. The van der Waals surface area contributed by atoms with Gasteiger partial charge in [-0.1, -0.05) is 6.07 Å². The fraction of sp³-hybridized carbons (Fsp3) is 0.500. The van der Waals surface area contributed by atoms with Crippen LogP contribution >= 0.6 is 11.3 Å². The number of carbonyl (C=O) groups is 1. The molecule has 7 heteroatoms. The molecule has 1 atom stereocenters. The van der Waals surface area contributed by atoms with E-state index in [1.165, 1.54) is 15.0 Å². The van der Waals surface area contributed by atoms with E-state index in [0.29, 0.717) is 17.0 Å². The van der Waals surface area contributed by atoms with Crippen LogP contribution in [0, 0.1) is 6.92 Å². The average Bonchev–Trinajstić information content (AvgIpc) is 3.20. The maximum Gasteiger partial charge on any atom is 0.339 e. The van der Waals surface area contributed by atoms with Crippen molar-refractivity contribution in [3.05, 3.63) is 49.7 Å². The van der Waals surface area contributed by atoms with Crippen LogP contribution in [0.1, 0.15) is 73.4 Å². The second-order valence-electron chi connectivity index (χ2n) is 10.7. The van der Waals surface area contributed by atoms with Gasteiger partial charge in [-0.05, 0) is 94.5 Å². The number of aryl methyl sites for hydroxylation is 2. The minimum atomic E-state index is -1.28. The van der Waals surface area contributed by atoms with Crippen LogP contribution in [0.5, 0.6) is 5.75 Å². The Morgan fingerprint density at radius 3 is 2.57 bits per heavy atom. The quantitative estimate of drug-likeness (QED) is 0.501. The van der Waals surface area contributed by atoms with Crippen LogP contribution in [0.2, 0.25) is 0 Å². The summed E-state index contributed by atoms with van der Waals surface area (Å²) in [5.41, 5.74) is 4.78. The Balaban J connectivity index is 1.92. The Labute approximate surface area is 209 Å². The van der Waals surface area contributed by atoms with Gasteiger partial charge in [0.05, 0.1) is 17.9 Å². The first-order valence-corrected chi connectivity index (χ1v) is 13.2. The van der Waals surface area contributed by atoms with Crippen LogP contribution in [-0.2, 0) is 35.8 Å². The van der Waals surface area contributed by atoms with E-state index in [2.05, 4.69) is 6.92 Å². The first kappa shape index (κ1) is 24.1. The molecule has 35 heavy (non-hydrogen) atoms. The standard InChI is InChI=1S/C28H33NO5S/c1-15-16-10-8-14-33-19(16)13-12-17(15)21-22-18-9-6-7-11-20(18)35-25(22)26(30)29(5)23(21)24(27(31)32)34-28(2,3)4/h12-13,24H,6-11,14H2,1-5H3,(H,31,32). The fourth-order valence-corrected chi connectivity index (χ4v) is 6.95. The number of ether oxygens (including phenoxy) is 2. The minimum Gasteiger partial charge on any atom is -0.493 e. The molecule has 0 spiro atoms. The van der Waals surface area contributed by atoms with E-state index in [0.717, 1.165) is 71.9 Å². The molecule has 186 valence electrons. The maximum absolute atomic E-state index is 13.7. The van der Waals surface area contributed by atoms with Crippen LogP contribution in [0.15, 0.2) is 16.9 Å². The molecule has 5 rings (SSSR count). The Morgan fingerprint density at radius 1 is 1.14 bits per heavy atom. The number of nitrogens with zero attached hydrogens (tertiary/aromatic N) is 1. The molecule has 0 fully saturated rings. The van der Waals surface area contributed by atoms with Crippen molar-refractivity contribution < 1.29 is 19.4 Å². The van der Waals surface area contributed by atoms with E-state index >= 15 is 0 Å². The number of aliphatic carboxylic acids is 1. The van der Waals surface area contributed by atoms with Gasteiger partial charge in [-0.25, -0.2) is 4.79 Å². The third-order valence-electron chi connectivity index (χ3n) is 7.14. The largest absolute Gasteiger partial charge is 0.493 e. The Bertz CT molecular complexity index is 1390. The monoisotopic (exact) mass is 495 g/mol. The van der Waals surface area contributed by atoms with Gasteiger partial charge in [0.1, 0.15) is 10.4 Å². The highest BCUT2D eigenvalue weighted by Crippen LogP contribution is 2.46. The zero-order valence-corrected chi connectivity index (χ0v) is 21.9. The van der Waals surface area contributed by atoms with Crippen molar-refractivity contribution >= 4 is 27.4 Å². The van der Waals surface area contributed by atoms with E-state index in [-0.39, 0.29) is 5.56 Å². The second kappa shape index (κ2) is 8.79. The molecule has 6 nitrogen and oxygen atoms in total. The molecule has 3 aromatic rings. The molecule has 0 saturated heterocycles. The predicted molar refractivity (Wildman–Crippen MR) is 139 cm³/mol. The number of aromatic nitrogens is 1. The van der Waals surface area contributed by atoms with Gasteiger partial charge in [-0.15, -0.1) is 11.3 Å². The topological polar surface area (TPSA) is 77.8 Å². The van der Waals surface area contributed by atoms with Crippen molar-refractivity contribution in [3.63, 3.8) is 0 Å². The number of carboxylic acids is 1. The van der Waals surface area contributed by atoms with Crippen LogP contribution in [0.3, 0.4) is 0 Å². The van der Waals surface area contributed by atoms with Gasteiger partial charge in [0.25, 0.3) is 5.56 Å². The summed E-state index contributed by atoms with van der Waals surface area (Å²) in [4.78, 5) is 27.6. The lowest BCUT2D eigenvalue weighted by atomic mass is 9.86. The lowest BCUT2D eigenvalue weighted by Gasteiger charge is -2.29. The number of fused-ring (bicyclic) bond motifs is 4. The molecular formula is C28H33NO5S. The molecule has 1 N–H and O–H groups in total. The molecular weight excluding hydrogens is 462 g/mol. The Kier molecular flexibility index (Phi) is 6.04. The van der Waals surface area contributed by atoms with Gasteiger partial charge in [-0.2, -0.15) is 0 Å². The summed E-state index contributed by atoms with van der Waals surface area (Å²) in [6, 6.07) is 4.03. The number of thiophene rings is 1. The van der Waals surface area contributed by atoms with Crippen molar-refractivity contribution in [2.45, 2.75) is 77.9 Å². The van der Waals surface area contributed by atoms with E-state index in [4.69, 9.17) is 9.47 Å². The highest BCUT2D eigenvalue weighted by molar-refractivity contribution is 7.19. The number of rotatable bonds is 4. The fourth-order valence-electron chi connectivity index (χ4n) is 5.57. The summed E-state index contributed by atoms with van der Waals surface area (Å²) in [6.07, 6.45) is 4.64. The molecule has 2 aliphatic rings. The van der Waals surface area contributed by atoms with E-state index in [1.807, 2.05) is 32.9 Å². The molecule has 1 aromatic carbocycles. The third kappa shape index (κ3) is 4.08.